The van der Waals surface area contributed by atoms with Crippen molar-refractivity contribution in [2.75, 3.05) is 25.1 Å². The van der Waals surface area contributed by atoms with E-state index in [9.17, 15) is 9.18 Å². The Morgan fingerprint density at radius 1 is 1.03 bits per heavy atom. The van der Waals surface area contributed by atoms with Gasteiger partial charge in [-0.2, -0.15) is 0 Å². The maximum atomic E-state index is 14.3. The molecule has 0 aromatic heterocycles. The van der Waals surface area contributed by atoms with Crippen molar-refractivity contribution >= 4 is 11.7 Å². The van der Waals surface area contributed by atoms with E-state index >= 15 is 0 Å². The van der Waals surface area contributed by atoms with Crippen LogP contribution in [0.2, 0.25) is 0 Å². The highest BCUT2D eigenvalue weighted by Crippen LogP contribution is 2.35. The molecule has 2 N–H and O–H groups in total. The van der Waals surface area contributed by atoms with Crippen LogP contribution in [0.5, 0.6) is 5.75 Å². The summed E-state index contributed by atoms with van der Waals surface area (Å²) in [5.74, 6) is -0.443. The van der Waals surface area contributed by atoms with Gasteiger partial charge in [-0.3, -0.25) is 4.79 Å². The molecule has 3 aromatic carbocycles. The second-order valence-electron chi connectivity index (χ2n) is 8.62. The van der Waals surface area contributed by atoms with Crippen LogP contribution in [-0.4, -0.2) is 30.9 Å². The Morgan fingerprint density at radius 3 is 2.54 bits per heavy atom. The van der Waals surface area contributed by atoms with Crippen molar-refractivity contribution in [3.8, 4) is 16.9 Å². The number of carboxylic acid groups (broad SMARTS) is 1. The Hall–Kier alpha value is -3.38. The van der Waals surface area contributed by atoms with Crippen LogP contribution in [0.4, 0.5) is 10.1 Å². The first-order valence-electron chi connectivity index (χ1n) is 11.9. The minimum absolute atomic E-state index is 0.0881. The van der Waals surface area contributed by atoms with Gasteiger partial charge in [0.2, 0.25) is 0 Å². The van der Waals surface area contributed by atoms with Crippen molar-refractivity contribution in [3.05, 3.63) is 82.2 Å². The predicted octanol–water partition coefficient (Wildman–Crippen LogP) is 6.46. The SMILES string of the molecule is CCOCCOc1cc(C)c(-c2cccc(CNc3ccc(CCC(=O)O)c(F)c3)c2)c(C)c1C. The zero-order valence-corrected chi connectivity index (χ0v) is 20.9. The standard InChI is InChI=1S/C29H34FNO4/c1-5-34-13-14-35-27-15-19(2)29(21(4)20(27)3)24-8-6-7-22(16-24)18-31-25-11-9-23(26(30)17-25)10-12-28(32)33/h6-9,11,15-17,31H,5,10,12-14,18H2,1-4H3,(H,32,33). The number of carboxylic acids is 1. The number of anilines is 1. The molecule has 186 valence electrons. The van der Waals surface area contributed by atoms with Gasteiger partial charge in [0.25, 0.3) is 0 Å². The van der Waals surface area contributed by atoms with Gasteiger partial charge in [-0.1, -0.05) is 24.3 Å². The number of hydrogen-bond acceptors (Lipinski definition) is 4. The smallest absolute Gasteiger partial charge is 0.303 e. The molecule has 0 atom stereocenters. The van der Waals surface area contributed by atoms with Crippen molar-refractivity contribution in [2.45, 2.75) is 47.1 Å². The van der Waals surface area contributed by atoms with Gasteiger partial charge in [0.05, 0.1) is 6.61 Å². The van der Waals surface area contributed by atoms with E-state index in [2.05, 4.69) is 44.3 Å². The quantitative estimate of drug-likeness (QED) is 0.292. The van der Waals surface area contributed by atoms with Gasteiger partial charge >= 0.3 is 5.97 Å². The van der Waals surface area contributed by atoms with Gasteiger partial charge in [-0.15, -0.1) is 0 Å². The lowest BCUT2D eigenvalue weighted by molar-refractivity contribution is -0.136. The van der Waals surface area contributed by atoms with Crippen LogP contribution in [0.3, 0.4) is 0 Å². The minimum atomic E-state index is -0.934. The van der Waals surface area contributed by atoms with Gasteiger partial charge in [0, 0.05) is 25.3 Å². The lowest BCUT2D eigenvalue weighted by Gasteiger charge is -2.18. The normalized spacial score (nSPS) is 10.9. The zero-order valence-electron chi connectivity index (χ0n) is 20.9. The molecular weight excluding hydrogens is 445 g/mol. The molecule has 0 heterocycles. The number of aryl methyl sites for hydroxylation is 2. The second-order valence-corrected chi connectivity index (χ2v) is 8.62. The summed E-state index contributed by atoms with van der Waals surface area (Å²) < 4.78 is 25.7. The topological polar surface area (TPSA) is 67.8 Å². The molecule has 35 heavy (non-hydrogen) atoms. The molecule has 0 unspecified atom stereocenters. The summed E-state index contributed by atoms with van der Waals surface area (Å²) in [6.45, 7) is 10.6. The van der Waals surface area contributed by atoms with E-state index in [1.54, 1.807) is 12.1 Å². The summed E-state index contributed by atoms with van der Waals surface area (Å²) in [6.07, 6.45) is 0.0904. The minimum Gasteiger partial charge on any atom is -0.491 e. The Labute approximate surface area is 206 Å². The van der Waals surface area contributed by atoms with Gasteiger partial charge < -0.3 is 19.9 Å². The summed E-state index contributed by atoms with van der Waals surface area (Å²) in [7, 11) is 0. The van der Waals surface area contributed by atoms with Crippen LogP contribution < -0.4 is 10.1 Å². The maximum absolute atomic E-state index is 14.3. The molecule has 0 amide bonds. The highest BCUT2D eigenvalue weighted by Gasteiger charge is 2.14. The van der Waals surface area contributed by atoms with Crippen LogP contribution in [0.1, 0.15) is 41.2 Å². The average Bonchev–Trinajstić information content (AvgIpc) is 2.83. The van der Waals surface area contributed by atoms with E-state index in [0.29, 0.717) is 37.6 Å². The molecule has 0 radical (unpaired) electrons. The summed E-state index contributed by atoms with van der Waals surface area (Å²) in [5.41, 5.74) is 7.89. The van der Waals surface area contributed by atoms with Crippen LogP contribution in [0, 0.1) is 26.6 Å². The molecule has 0 saturated heterocycles. The third-order valence-electron chi connectivity index (χ3n) is 6.11. The van der Waals surface area contributed by atoms with Gasteiger partial charge in [0.1, 0.15) is 18.2 Å². The zero-order chi connectivity index (χ0) is 25.4. The number of hydrogen-bond donors (Lipinski definition) is 2. The van der Waals surface area contributed by atoms with Crippen LogP contribution in [0.15, 0.2) is 48.5 Å². The van der Waals surface area contributed by atoms with Gasteiger partial charge in [-0.05, 0) is 97.3 Å². The van der Waals surface area contributed by atoms with E-state index in [1.165, 1.54) is 17.2 Å². The molecule has 0 bridgehead atoms. The Kier molecular flexibility index (Phi) is 9.26. The highest BCUT2D eigenvalue weighted by molar-refractivity contribution is 5.74. The van der Waals surface area contributed by atoms with Crippen molar-refractivity contribution < 1.29 is 23.8 Å². The fourth-order valence-electron chi connectivity index (χ4n) is 4.14. The molecule has 0 aliphatic heterocycles. The van der Waals surface area contributed by atoms with E-state index in [-0.39, 0.29) is 12.8 Å². The number of carbonyl (C=O) groups is 1. The first-order chi connectivity index (χ1) is 16.8. The van der Waals surface area contributed by atoms with E-state index in [4.69, 9.17) is 14.6 Å². The molecule has 0 aliphatic rings. The summed E-state index contributed by atoms with van der Waals surface area (Å²) >= 11 is 0. The van der Waals surface area contributed by atoms with Crippen LogP contribution in [0.25, 0.3) is 11.1 Å². The third-order valence-corrected chi connectivity index (χ3v) is 6.11. The van der Waals surface area contributed by atoms with Crippen molar-refractivity contribution in [3.63, 3.8) is 0 Å². The highest BCUT2D eigenvalue weighted by atomic mass is 19.1. The number of aliphatic carboxylic acids is 1. The van der Waals surface area contributed by atoms with Crippen molar-refractivity contribution in [1.29, 1.82) is 0 Å². The number of rotatable bonds is 12. The van der Waals surface area contributed by atoms with Gasteiger partial charge in [-0.25, -0.2) is 4.39 Å². The van der Waals surface area contributed by atoms with Gasteiger partial charge in [0.15, 0.2) is 0 Å². The number of nitrogens with one attached hydrogen (secondary N) is 1. The Balaban J connectivity index is 1.73. The van der Waals surface area contributed by atoms with Crippen LogP contribution >= 0.6 is 0 Å². The first-order valence-corrected chi connectivity index (χ1v) is 11.9. The van der Waals surface area contributed by atoms with Crippen LogP contribution in [-0.2, 0) is 22.5 Å². The molecule has 0 saturated carbocycles. The van der Waals surface area contributed by atoms with E-state index in [0.717, 1.165) is 28.0 Å². The fraction of sp³-hybridized carbons (Fsp3) is 0.345. The largest absolute Gasteiger partial charge is 0.491 e. The fourth-order valence-corrected chi connectivity index (χ4v) is 4.14. The Morgan fingerprint density at radius 2 is 1.83 bits per heavy atom. The first kappa shape index (κ1) is 26.2. The summed E-state index contributed by atoms with van der Waals surface area (Å²) in [5, 5.41) is 12.1. The maximum Gasteiger partial charge on any atom is 0.303 e. The lowest BCUT2D eigenvalue weighted by Crippen LogP contribution is -2.08. The molecule has 3 aromatic rings. The lowest BCUT2D eigenvalue weighted by atomic mass is 9.91. The van der Waals surface area contributed by atoms with Crippen molar-refractivity contribution in [1.82, 2.24) is 0 Å². The Bertz CT molecular complexity index is 1180. The molecule has 0 aliphatic carbocycles. The second kappa shape index (κ2) is 12.4. The van der Waals surface area contributed by atoms with E-state index < -0.39 is 11.8 Å². The number of benzene rings is 3. The third kappa shape index (κ3) is 7.06. The number of ether oxygens (including phenoxy) is 2. The molecule has 0 spiro atoms. The van der Waals surface area contributed by atoms with E-state index in [1.807, 2.05) is 19.1 Å². The average molecular weight is 480 g/mol. The summed E-state index contributed by atoms with van der Waals surface area (Å²) in [6, 6.07) is 15.3. The predicted molar refractivity (Wildman–Crippen MR) is 138 cm³/mol. The number of halogens is 1. The molecule has 0 fully saturated rings. The monoisotopic (exact) mass is 479 g/mol. The molecule has 5 nitrogen and oxygen atoms in total. The van der Waals surface area contributed by atoms with Crippen molar-refractivity contribution in [2.24, 2.45) is 0 Å². The molecule has 3 rings (SSSR count). The molecule has 6 heteroatoms. The summed E-state index contributed by atoms with van der Waals surface area (Å²) in [4.78, 5) is 10.7. The molecular formula is C29H34FNO4.